The van der Waals surface area contributed by atoms with Gasteiger partial charge >= 0.3 is 6.03 Å². The summed E-state index contributed by atoms with van der Waals surface area (Å²) in [5.74, 6) is 0. The van der Waals surface area contributed by atoms with Crippen LogP contribution in [0.1, 0.15) is 13.8 Å². The second-order valence-electron chi connectivity index (χ2n) is 4.85. The van der Waals surface area contributed by atoms with Crippen molar-refractivity contribution in [2.45, 2.75) is 19.4 Å². The summed E-state index contributed by atoms with van der Waals surface area (Å²) in [6.07, 6.45) is 1.62. The summed E-state index contributed by atoms with van der Waals surface area (Å²) >= 11 is 0. The largest absolute Gasteiger partial charge is 0.359 e. The van der Waals surface area contributed by atoms with Crippen molar-refractivity contribution in [2.24, 2.45) is 0 Å². The van der Waals surface area contributed by atoms with Crippen LogP contribution >= 0.6 is 0 Å². The van der Waals surface area contributed by atoms with Crippen molar-refractivity contribution in [2.75, 3.05) is 13.3 Å². The van der Waals surface area contributed by atoms with Crippen LogP contribution < -0.4 is 0 Å². The van der Waals surface area contributed by atoms with Crippen LogP contribution in [0.5, 0.6) is 0 Å². The Morgan fingerprint density at radius 3 is 3.06 bits per heavy atom. The third-order valence-corrected chi connectivity index (χ3v) is 3.04. The summed E-state index contributed by atoms with van der Waals surface area (Å²) in [7, 11) is 0. The molecule has 3 rings (SSSR count). The number of nitrogens with zero attached hydrogens (tertiary/aromatic N) is 5. The smallest absolute Gasteiger partial charge is 0.349 e. The molecule has 0 radical (unpaired) electrons. The molecule has 0 N–H and O–H groups in total. The number of hydrogen-bond acceptors (Lipinski definition) is 5. The predicted octanol–water partition coefficient (Wildman–Crippen LogP) is 0.863. The highest BCUT2D eigenvalue weighted by Crippen LogP contribution is 2.23. The van der Waals surface area contributed by atoms with Gasteiger partial charge in [0.05, 0.1) is 12.1 Å². The third kappa shape index (κ3) is 1.55. The Balaban J connectivity index is 2.02. The van der Waals surface area contributed by atoms with Crippen molar-refractivity contribution in [3.8, 4) is 0 Å². The zero-order valence-corrected chi connectivity index (χ0v) is 10.2. The molecule has 1 aliphatic heterocycles. The number of carbonyl (C=O) groups is 1. The molecule has 18 heavy (non-hydrogen) atoms. The Bertz CT molecular complexity index is 606. The van der Waals surface area contributed by atoms with Crippen LogP contribution in [0.3, 0.4) is 0 Å². The molecule has 0 unspecified atom stereocenters. The first-order valence-electron chi connectivity index (χ1n) is 5.66. The van der Waals surface area contributed by atoms with Gasteiger partial charge in [-0.15, -0.1) is 5.10 Å². The zero-order chi connectivity index (χ0) is 12.8. The van der Waals surface area contributed by atoms with Gasteiger partial charge in [-0.1, -0.05) is 5.21 Å². The molecule has 0 spiro atoms. The summed E-state index contributed by atoms with van der Waals surface area (Å²) < 4.78 is 6.59. The van der Waals surface area contributed by atoms with Crippen LogP contribution in [-0.4, -0.2) is 49.8 Å². The lowest BCUT2D eigenvalue weighted by Crippen LogP contribution is -2.46. The van der Waals surface area contributed by atoms with E-state index < -0.39 is 0 Å². The summed E-state index contributed by atoms with van der Waals surface area (Å²) in [5.41, 5.74) is 0.728. The number of ether oxygens (including phenoxy) is 1. The van der Waals surface area contributed by atoms with Crippen molar-refractivity contribution in [3.05, 3.63) is 18.3 Å². The van der Waals surface area contributed by atoms with Crippen molar-refractivity contribution >= 4 is 17.2 Å². The summed E-state index contributed by atoms with van der Waals surface area (Å²) in [4.78, 5) is 18.1. The van der Waals surface area contributed by atoms with E-state index >= 15 is 0 Å². The lowest BCUT2D eigenvalue weighted by molar-refractivity contribution is 0.138. The average Bonchev–Trinajstić information content (AvgIpc) is 2.91. The highest BCUT2D eigenvalue weighted by molar-refractivity contribution is 5.86. The first kappa shape index (κ1) is 11.1. The fourth-order valence-corrected chi connectivity index (χ4v) is 1.98. The maximum Gasteiger partial charge on any atom is 0.349 e. The molecular weight excluding hydrogens is 234 g/mol. The number of carbonyl (C=O) groups excluding carboxylic acids is 1. The Morgan fingerprint density at radius 2 is 2.33 bits per heavy atom. The Kier molecular flexibility index (Phi) is 2.30. The Morgan fingerprint density at radius 1 is 1.50 bits per heavy atom. The normalized spacial score (nSPS) is 18.4. The van der Waals surface area contributed by atoms with Crippen LogP contribution in [-0.2, 0) is 4.74 Å². The van der Waals surface area contributed by atoms with E-state index in [-0.39, 0.29) is 18.3 Å². The summed E-state index contributed by atoms with van der Waals surface area (Å²) in [6, 6.07) is 3.28. The lowest BCUT2D eigenvalue weighted by atomic mass is 10.1. The van der Waals surface area contributed by atoms with Gasteiger partial charge in [0.2, 0.25) is 5.65 Å². The van der Waals surface area contributed by atoms with Crippen LogP contribution in [0.2, 0.25) is 0 Å². The van der Waals surface area contributed by atoms with Gasteiger partial charge in [-0.3, -0.25) is 4.90 Å². The van der Waals surface area contributed by atoms with Crippen molar-refractivity contribution in [3.63, 3.8) is 0 Å². The first-order valence-corrected chi connectivity index (χ1v) is 5.66. The van der Waals surface area contributed by atoms with E-state index in [0.29, 0.717) is 17.8 Å². The number of pyridine rings is 1. The van der Waals surface area contributed by atoms with Gasteiger partial charge in [-0.05, 0) is 26.0 Å². The Labute approximate surface area is 103 Å². The van der Waals surface area contributed by atoms with Gasteiger partial charge in [-0.2, -0.15) is 4.68 Å². The number of aromatic nitrogens is 4. The molecule has 0 bridgehead atoms. The molecule has 1 amide bonds. The van der Waals surface area contributed by atoms with Crippen LogP contribution in [0.15, 0.2) is 18.3 Å². The average molecular weight is 247 g/mol. The predicted molar refractivity (Wildman–Crippen MR) is 62.9 cm³/mol. The minimum atomic E-state index is -0.336. The fraction of sp³-hybridized carbons (Fsp3) is 0.455. The third-order valence-electron chi connectivity index (χ3n) is 3.04. The molecule has 7 nitrogen and oxygen atoms in total. The first-order chi connectivity index (χ1) is 8.59. The van der Waals surface area contributed by atoms with Crippen LogP contribution in [0, 0.1) is 0 Å². The maximum atomic E-state index is 12.4. The molecule has 2 aromatic heterocycles. The highest BCUT2D eigenvalue weighted by Gasteiger charge is 2.38. The molecule has 3 heterocycles. The topological polar surface area (TPSA) is 73.1 Å². The van der Waals surface area contributed by atoms with E-state index in [1.807, 2.05) is 13.8 Å². The molecule has 2 aromatic rings. The van der Waals surface area contributed by atoms with E-state index in [1.165, 1.54) is 4.68 Å². The molecule has 1 saturated heterocycles. The van der Waals surface area contributed by atoms with Gasteiger partial charge in [-0.25, -0.2) is 9.78 Å². The fourth-order valence-electron chi connectivity index (χ4n) is 1.98. The summed E-state index contributed by atoms with van der Waals surface area (Å²) in [5, 5.41) is 7.74. The molecule has 0 aliphatic carbocycles. The number of amides is 1. The van der Waals surface area contributed by atoms with Gasteiger partial charge in [0.1, 0.15) is 12.2 Å². The monoisotopic (exact) mass is 247 g/mol. The van der Waals surface area contributed by atoms with Crippen molar-refractivity contribution in [1.29, 1.82) is 0 Å². The second-order valence-corrected chi connectivity index (χ2v) is 4.85. The SMILES string of the molecule is CC1(C)COCN1C(=O)n1nnc2ncccc21. The molecular formula is C11H13N5O2. The van der Waals surface area contributed by atoms with E-state index in [9.17, 15) is 4.79 Å². The quantitative estimate of drug-likeness (QED) is 0.690. The van der Waals surface area contributed by atoms with E-state index in [4.69, 9.17) is 4.74 Å². The van der Waals surface area contributed by atoms with E-state index in [0.717, 1.165) is 0 Å². The molecule has 1 fully saturated rings. The number of hydrogen-bond donors (Lipinski definition) is 0. The minimum Gasteiger partial charge on any atom is -0.359 e. The van der Waals surface area contributed by atoms with Crippen LogP contribution in [0.4, 0.5) is 4.79 Å². The number of rotatable bonds is 0. The standard InChI is InChI=1S/C11H13N5O2/c1-11(2)6-18-7-15(11)10(17)16-8-4-3-5-12-9(8)13-14-16/h3-5H,6-7H2,1-2H3. The van der Waals surface area contributed by atoms with Crippen molar-refractivity contribution in [1.82, 2.24) is 24.9 Å². The molecule has 1 aliphatic rings. The second kappa shape index (κ2) is 3.74. The molecule has 0 aromatic carbocycles. The Hall–Kier alpha value is -2.02. The minimum absolute atomic E-state index is 0.243. The van der Waals surface area contributed by atoms with Gasteiger partial charge in [0.15, 0.2) is 0 Å². The zero-order valence-electron chi connectivity index (χ0n) is 10.2. The molecule has 94 valence electrons. The van der Waals surface area contributed by atoms with E-state index in [2.05, 4.69) is 15.3 Å². The van der Waals surface area contributed by atoms with Crippen molar-refractivity contribution < 1.29 is 9.53 Å². The van der Waals surface area contributed by atoms with Gasteiger partial charge in [0, 0.05) is 6.20 Å². The van der Waals surface area contributed by atoms with Gasteiger partial charge < -0.3 is 4.74 Å². The summed E-state index contributed by atoms with van der Waals surface area (Å²) in [6.45, 7) is 4.70. The van der Waals surface area contributed by atoms with E-state index in [1.54, 1.807) is 23.2 Å². The molecule has 0 atom stereocenters. The molecule has 0 saturated carbocycles. The van der Waals surface area contributed by atoms with Crippen LogP contribution in [0.25, 0.3) is 11.2 Å². The maximum absolute atomic E-state index is 12.4. The number of fused-ring (bicyclic) bond motifs is 1. The van der Waals surface area contributed by atoms with Gasteiger partial charge in [0.25, 0.3) is 0 Å². The molecule has 7 heteroatoms. The highest BCUT2D eigenvalue weighted by atomic mass is 16.5. The lowest BCUT2D eigenvalue weighted by Gasteiger charge is -2.28.